The summed E-state index contributed by atoms with van der Waals surface area (Å²) in [6.45, 7) is 3.45. The number of nitro groups is 1. The van der Waals surface area contributed by atoms with Gasteiger partial charge in [-0.1, -0.05) is 18.7 Å². The van der Waals surface area contributed by atoms with Gasteiger partial charge in [0.05, 0.1) is 21.1 Å². The van der Waals surface area contributed by atoms with Crippen molar-refractivity contribution in [2.75, 3.05) is 4.72 Å². The number of aromatic hydroxyl groups is 1. The van der Waals surface area contributed by atoms with Crippen molar-refractivity contribution in [3.8, 4) is 5.75 Å². The molecule has 2 aromatic rings. The van der Waals surface area contributed by atoms with Gasteiger partial charge < -0.3 is 5.11 Å². The lowest BCUT2D eigenvalue weighted by Crippen LogP contribution is -2.13. The predicted octanol–water partition coefficient (Wildman–Crippen LogP) is 2.74. The number of rotatable bonds is 5. The van der Waals surface area contributed by atoms with E-state index in [1.165, 1.54) is 42.5 Å². The largest absolute Gasteiger partial charge is 0.508 e. The number of sulfonamides is 1. The summed E-state index contributed by atoms with van der Waals surface area (Å²) >= 11 is 0. The molecule has 0 fully saturated rings. The SMILES string of the molecule is C=Cc1ccc(S(=O)(=O)Nc2cccc(O)c2)cc1[N+](=O)[O-]. The van der Waals surface area contributed by atoms with E-state index < -0.39 is 14.9 Å². The van der Waals surface area contributed by atoms with E-state index in [1.807, 2.05) is 0 Å². The van der Waals surface area contributed by atoms with Crippen molar-refractivity contribution >= 4 is 27.5 Å². The summed E-state index contributed by atoms with van der Waals surface area (Å²) < 4.78 is 26.7. The second-order valence-corrected chi connectivity index (χ2v) is 6.02. The van der Waals surface area contributed by atoms with Gasteiger partial charge in [-0.3, -0.25) is 14.8 Å². The first kappa shape index (κ1) is 15.5. The van der Waals surface area contributed by atoms with Crippen molar-refractivity contribution in [2.45, 2.75) is 4.90 Å². The third-order valence-corrected chi connectivity index (χ3v) is 4.21. The maximum absolute atomic E-state index is 12.2. The van der Waals surface area contributed by atoms with Crippen molar-refractivity contribution in [1.29, 1.82) is 0 Å². The minimum absolute atomic E-state index is 0.104. The summed E-state index contributed by atoms with van der Waals surface area (Å²) in [4.78, 5) is 10.0. The average molecular weight is 320 g/mol. The Morgan fingerprint density at radius 3 is 2.55 bits per heavy atom. The van der Waals surface area contributed by atoms with Crippen molar-refractivity contribution in [1.82, 2.24) is 0 Å². The van der Waals surface area contributed by atoms with Gasteiger partial charge in [0, 0.05) is 12.1 Å². The molecule has 0 atom stereocenters. The van der Waals surface area contributed by atoms with Crippen LogP contribution in [0.25, 0.3) is 6.08 Å². The zero-order chi connectivity index (χ0) is 16.3. The molecule has 0 aliphatic rings. The van der Waals surface area contributed by atoms with Crippen LogP contribution in [0, 0.1) is 10.1 Å². The molecule has 0 unspecified atom stereocenters. The van der Waals surface area contributed by atoms with Crippen LogP contribution in [0.4, 0.5) is 11.4 Å². The molecule has 0 aliphatic heterocycles. The van der Waals surface area contributed by atoms with Gasteiger partial charge in [0.2, 0.25) is 0 Å². The monoisotopic (exact) mass is 320 g/mol. The van der Waals surface area contributed by atoms with Crippen molar-refractivity contribution in [3.05, 3.63) is 64.7 Å². The van der Waals surface area contributed by atoms with Crippen LogP contribution in [0.3, 0.4) is 0 Å². The van der Waals surface area contributed by atoms with Gasteiger partial charge in [-0.2, -0.15) is 0 Å². The van der Waals surface area contributed by atoms with E-state index in [1.54, 1.807) is 0 Å². The fourth-order valence-corrected chi connectivity index (χ4v) is 2.87. The van der Waals surface area contributed by atoms with Crippen LogP contribution >= 0.6 is 0 Å². The van der Waals surface area contributed by atoms with E-state index in [0.717, 1.165) is 6.07 Å². The van der Waals surface area contributed by atoms with Crippen molar-refractivity contribution in [2.24, 2.45) is 0 Å². The van der Waals surface area contributed by atoms with Crippen LogP contribution in [-0.4, -0.2) is 18.4 Å². The van der Waals surface area contributed by atoms with Crippen LogP contribution < -0.4 is 4.72 Å². The Balaban J connectivity index is 2.43. The molecule has 0 saturated heterocycles. The molecule has 0 spiro atoms. The predicted molar refractivity (Wildman–Crippen MR) is 82.1 cm³/mol. The summed E-state index contributed by atoms with van der Waals surface area (Å²) in [6, 6.07) is 9.05. The summed E-state index contributed by atoms with van der Waals surface area (Å²) in [5, 5.41) is 20.3. The smallest absolute Gasteiger partial charge is 0.277 e. The molecule has 0 bridgehead atoms. The lowest BCUT2D eigenvalue weighted by molar-refractivity contribution is -0.385. The number of phenolic OH excluding ortho intramolecular Hbond substituents is 1. The van der Waals surface area contributed by atoms with Gasteiger partial charge in [0.15, 0.2) is 0 Å². The topological polar surface area (TPSA) is 110 Å². The maximum atomic E-state index is 12.2. The number of nitro benzene ring substituents is 1. The van der Waals surface area contributed by atoms with Gasteiger partial charge in [-0.15, -0.1) is 0 Å². The number of hydrogen-bond donors (Lipinski definition) is 2. The van der Waals surface area contributed by atoms with Crippen molar-refractivity contribution in [3.63, 3.8) is 0 Å². The minimum Gasteiger partial charge on any atom is -0.508 e. The number of phenols is 1. The maximum Gasteiger partial charge on any atom is 0.277 e. The van der Waals surface area contributed by atoms with Gasteiger partial charge >= 0.3 is 0 Å². The molecule has 0 saturated carbocycles. The first-order valence-corrected chi connectivity index (χ1v) is 7.54. The molecule has 0 heterocycles. The molecular formula is C14H12N2O5S. The Kier molecular flexibility index (Phi) is 4.13. The highest BCUT2D eigenvalue weighted by Gasteiger charge is 2.20. The zero-order valence-corrected chi connectivity index (χ0v) is 12.1. The highest BCUT2D eigenvalue weighted by molar-refractivity contribution is 7.92. The van der Waals surface area contributed by atoms with Gasteiger partial charge in [-0.25, -0.2) is 8.42 Å². The van der Waals surface area contributed by atoms with Crippen LogP contribution in [0.2, 0.25) is 0 Å². The average Bonchev–Trinajstić information content (AvgIpc) is 2.46. The van der Waals surface area contributed by atoms with Gasteiger partial charge in [-0.05, 0) is 24.3 Å². The fourth-order valence-electron chi connectivity index (χ4n) is 1.80. The van der Waals surface area contributed by atoms with E-state index in [0.29, 0.717) is 0 Å². The van der Waals surface area contributed by atoms with E-state index >= 15 is 0 Å². The molecule has 2 rings (SSSR count). The first-order chi connectivity index (χ1) is 10.3. The normalized spacial score (nSPS) is 10.9. The first-order valence-electron chi connectivity index (χ1n) is 6.06. The highest BCUT2D eigenvalue weighted by Crippen LogP contribution is 2.26. The molecule has 22 heavy (non-hydrogen) atoms. The molecular weight excluding hydrogens is 308 g/mol. The van der Waals surface area contributed by atoms with Crippen LogP contribution in [0.15, 0.2) is 53.9 Å². The van der Waals surface area contributed by atoms with E-state index in [-0.39, 0.29) is 27.6 Å². The highest BCUT2D eigenvalue weighted by atomic mass is 32.2. The molecule has 0 aromatic heterocycles. The van der Waals surface area contributed by atoms with Gasteiger partial charge in [0.1, 0.15) is 5.75 Å². The molecule has 2 aromatic carbocycles. The summed E-state index contributed by atoms with van der Waals surface area (Å²) in [6.07, 6.45) is 1.27. The minimum atomic E-state index is -4.01. The Bertz CT molecular complexity index is 846. The number of hydrogen-bond acceptors (Lipinski definition) is 5. The quantitative estimate of drug-likeness (QED) is 0.650. The van der Waals surface area contributed by atoms with Gasteiger partial charge in [0.25, 0.3) is 15.7 Å². The molecule has 8 heteroatoms. The molecule has 0 aliphatic carbocycles. The number of benzene rings is 2. The lowest BCUT2D eigenvalue weighted by atomic mass is 10.2. The number of nitrogens with zero attached hydrogens (tertiary/aromatic N) is 1. The van der Waals surface area contributed by atoms with E-state index in [2.05, 4.69) is 11.3 Å². The fraction of sp³-hybridized carbons (Fsp3) is 0. The number of anilines is 1. The summed E-state index contributed by atoms with van der Waals surface area (Å²) in [5.74, 6) is -0.104. The van der Waals surface area contributed by atoms with Crippen molar-refractivity contribution < 1.29 is 18.4 Å². The molecule has 114 valence electrons. The van der Waals surface area contributed by atoms with Crippen LogP contribution in [-0.2, 0) is 10.0 Å². The Hall–Kier alpha value is -2.87. The van der Waals surface area contributed by atoms with E-state index in [9.17, 15) is 23.6 Å². The van der Waals surface area contributed by atoms with E-state index in [4.69, 9.17) is 0 Å². The molecule has 0 radical (unpaired) electrons. The Morgan fingerprint density at radius 1 is 1.23 bits per heavy atom. The number of nitrogens with one attached hydrogen (secondary N) is 1. The zero-order valence-electron chi connectivity index (χ0n) is 11.3. The van der Waals surface area contributed by atoms with Crippen LogP contribution in [0.5, 0.6) is 5.75 Å². The second-order valence-electron chi connectivity index (χ2n) is 4.34. The summed E-state index contributed by atoms with van der Waals surface area (Å²) in [5.41, 5.74) is 0.0190. The molecule has 2 N–H and O–H groups in total. The lowest BCUT2D eigenvalue weighted by Gasteiger charge is -2.09. The standard InChI is InChI=1S/C14H12N2O5S/c1-2-10-6-7-13(9-14(10)16(18)19)22(20,21)15-11-4-3-5-12(17)8-11/h2-9,15,17H,1H2. The second kappa shape index (κ2) is 5.86. The third-order valence-electron chi connectivity index (χ3n) is 2.83. The Morgan fingerprint density at radius 2 is 1.95 bits per heavy atom. The summed E-state index contributed by atoms with van der Waals surface area (Å²) in [7, 11) is -4.01. The molecule has 0 amide bonds. The Labute approximate surface area is 126 Å². The molecule has 7 nitrogen and oxygen atoms in total. The third kappa shape index (κ3) is 3.23. The van der Waals surface area contributed by atoms with Crippen LogP contribution in [0.1, 0.15) is 5.56 Å².